The van der Waals surface area contributed by atoms with Gasteiger partial charge in [-0.2, -0.15) is 0 Å². The fourth-order valence-electron chi connectivity index (χ4n) is 2.18. The molecular formula is C18H21NO3S2. The van der Waals surface area contributed by atoms with Crippen LogP contribution in [0.4, 0.5) is 0 Å². The van der Waals surface area contributed by atoms with Crippen LogP contribution in [-0.2, 0) is 14.3 Å². The molecule has 6 heteroatoms. The summed E-state index contributed by atoms with van der Waals surface area (Å²) in [7, 11) is 0. The lowest BCUT2D eigenvalue weighted by Gasteiger charge is -2.12. The minimum atomic E-state index is -0.390. The number of hydrogen-bond acceptors (Lipinski definition) is 5. The number of rotatable bonds is 7. The summed E-state index contributed by atoms with van der Waals surface area (Å²) in [5.41, 5.74) is 2.33. The fraction of sp³-hybridized carbons (Fsp3) is 0.333. The van der Waals surface area contributed by atoms with E-state index >= 15 is 0 Å². The smallest absolute Gasteiger partial charge is 0.316 e. The normalized spacial score (nSPS) is 11.8. The second-order valence-electron chi connectivity index (χ2n) is 5.52. The summed E-state index contributed by atoms with van der Waals surface area (Å²) in [4.78, 5) is 25.7. The molecule has 24 heavy (non-hydrogen) atoms. The van der Waals surface area contributed by atoms with Gasteiger partial charge in [-0.3, -0.25) is 9.59 Å². The van der Waals surface area contributed by atoms with Crippen LogP contribution in [0.2, 0.25) is 0 Å². The van der Waals surface area contributed by atoms with E-state index in [0.29, 0.717) is 0 Å². The quantitative estimate of drug-likeness (QED) is 0.599. The molecule has 1 N–H and O–H groups in total. The van der Waals surface area contributed by atoms with Crippen LogP contribution in [0.3, 0.4) is 0 Å². The Balaban J connectivity index is 1.71. The predicted octanol–water partition coefficient (Wildman–Crippen LogP) is 3.88. The number of carbonyl (C=O) groups is 2. The van der Waals surface area contributed by atoms with E-state index in [1.54, 1.807) is 11.3 Å². The molecule has 0 spiro atoms. The highest BCUT2D eigenvalue weighted by Crippen LogP contribution is 2.23. The van der Waals surface area contributed by atoms with Crippen LogP contribution in [0, 0.1) is 13.8 Å². The van der Waals surface area contributed by atoms with E-state index < -0.39 is 0 Å². The van der Waals surface area contributed by atoms with E-state index in [1.165, 1.54) is 17.3 Å². The van der Waals surface area contributed by atoms with Gasteiger partial charge in [0.05, 0.1) is 11.8 Å². The Morgan fingerprint density at radius 1 is 1.29 bits per heavy atom. The van der Waals surface area contributed by atoms with E-state index in [1.807, 2.05) is 50.4 Å². The van der Waals surface area contributed by atoms with Gasteiger partial charge in [0.2, 0.25) is 0 Å². The van der Waals surface area contributed by atoms with Crippen molar-refractivity contribution in [1.29, 1.82) is 0 Å². The highest BCUT2D eigenvalue weighted by molar-refractivity contribution is 8.00. The fourth-order valence-corrected chi connectivity index (χ4v) is 3.72. The summed E-state index contributed by atoms with van der Waals surface area (Å²) in [6.07, 6.45) is 0. The lowest BCUT2D eigenvalue weighted by Crippen LogP contribution is -2.31. The summed E-state index contributed by atoms with van der Waals surface area (Å²) in [5.74, 6) is -0.489. The number of esters is 1. The van der Waals surface area contributed by atoms with Gasteiger partial charge in [-0.25, -0.2) is 0 Å². The molecule has 1 amide bonds. The third kappa shape index (κ3) is 5.69. The largest absolute Gasteiger partial charge is 0.455 e. The topological polar surface area (TPSA) is 55.4 Å². The molecule has 1 aromatic heterocycles. The molecule has 2 aromatic rings. The standard InChI is InChI=1S/C18H21NO3S2/c1-12-6-7-15(13(2)9-12)24-11-18(21)22-10-17(20)19-14(3)16-5-4-8-23-16/h4-9,14H,10-11H2,1-3H3,(H,19,20)/t14-/m1/s1. The number of aryl methyl sites for hydroxylation is 2. The van der Waals surface area contributed by atoms with Crippen LogP contribution in [0.25, 0.3) is 0 Å². The van der Waals surface area contributed by atoms with Crippen LogP contribution in [0.5, 0.6) is 0 Å². The van der Waals surface area contributed by atoms with Crippen LogP contribution >= 0.6 is 23.1 Å². The van der Waals surface area contributed by atoms with Gasteiger partial charge in [0.25, 0.3) is 5.91 Å². The number of thiophene rings is 1. The minimum Gasteiger partial charge on any atom is -0.455 e. The lowest BCUT2D eigenvalue weighted by atomic mass is 10.2. The Bertz CT molecular complexity index is 698. The van der Waals surface area contributed by atoms with Gasteiger partial charge in [-0.05, 0) is 43.8 Å². The second-order valence-corrected chi connectivity index (χ2v) is 7.52. The molecule has 0 radical (unpaired) electrons. The van der Waals surface area contributed by atoms with E-state index in [4.69, 9.17) is 4.74 Å². The number of hydrogen-bond donors (Lipinski definition) is 1. The van der Waals surface area contributed by atoms with Gasteiger partial charge in [-0.1, -0.05) is 23.8 Å². The van der Waals surface area contributed by atoms with Gasteiger partial charge in [0.1, 0.15) is 0 Å². The average molecular weight is 364 g/mol. The summed E-state index contributed by atoms with van der Waals surface area (Å²) in [6, 6.07) is 9.90. The van der Waals surface area contributed by atoms with Crippen LogP contribution in [0.1, 0.15) is 29.0 Å². The van der Waals surface area contributed by atoms with E-state index in [-0.39, 0.29) is 30.3 Å². The van der Waals surface area contributed by atoms with Crippen LogP contribution < -0.4 is 5.32 Å². The highest BCUT2D eigenvalue weighted by Gasteiger charge is 2.13. The Labute approximate surface area is 150 Å². The molecule has 1 atom stereocenters. The van der Waals surface area contributed by atoms with Gasteiger partial charge in [-0.15, -0.1) is 23.1 Å². The molecule has 0 aliphatic heterocycles. The first-order valence-electron chi connectivity index (χ1n) is 7.64. The molecule has 128 valence electrons. The van der Waals surface area contributed by atoms with Gasteiger partial charge in [0, 0.05) is 9.77 Å². The van der Waals surface area contributed by atoms with E-state index in [2.05, 4.69) is 11.4 Å². The van der Waals surface area contributed by atoms with Crippen LogP contribution in [-0.4, -0.2) is 24.2 Å². The zero-order chi connectivity index (χ0) is 17.5. The van der Waals surface area contributed by atoms with Crippen molar-refractivity contribution < 1.29 is 14.3 Å². The number of amides is 1. The van der Waals surface area contributed by atoms with Crippen molar-refractivity contribution in [2.75, 3.05) is 12.4 Å². The summed E-state index contributed by atoms with van der Waals surface area (Å²) in [5, 5.41) is 4.77. The maximum Gasteiger partial charge on any atom is 0.316 e. The molecule has 2 rings (SSSR count). The molecule has 0 bridgehead atoms. The molecule has 0 aliphatic rings. The average Bonchev–Trinajstić information content (AvgIpc) is 3.06. The zero-order valence-electron chi connectivity index (χ0n) is 14.0. The first-order chi connectivity index (χ1) is 11.5. The first kappa shape index (κ1) is 18.5. The number of nitrogens with one attached hydrogen (secondary N) is 1. The number of benzene rings is 1. The van der Waals surface area contributed by atoms with Crippen molar-refractivity contribution in [3.63, 3.8) is 0 Å². The molecule has 4 nitrogen and oxygen atoms in total. The molecular weight excluding hydrogens is 342 g/mol. The highest BCUT2D eigenvalue weighted by atomic mass is 32.2. The molecule has 0 unspecified atom stereocenters. The summed E-state index contributed by atoms with van der Waals surface area (Å²) >= 11 is 3.00. The lowest BCUT2D eigenvalue weighted by molar-refractivity contribution is -0.146. The van der Waals surface area contributed by atoms with Crippen molar-refractivity contribution in [1.82, 2.24) is 5.32 Å². The third-order valence-corrected chi connectivity index (χ3v) is 5.59. The van der Waals surface area contributed by atoms with Crippen molar-refractivity contribution >= 4 is 35.0 Å². The van der Waals surface area contributed by atoms with E-state index in [9.17, 15) is 9.59 Å². The van der Waals surface area contributed by atoms with Gasteiger partial charge in [0.15, 0.2) is 6.61 Å². The van der Waals surface area contributed by atoms with Crippen LogP contribution in [0.15, 0.2) is 40.6 Å². The minimum absolute atomic E-state index is 0.0826. The second kappa shape index (κ2) is 8.89. The van der Waals surface area contributed by atoms with Crippen molar-refractivity contribution in [2.24, 2.45) is 0 Å². The van der Waals surface area contributed by atoms with Gasteiger partial charge >= 0.3 is 5.97 Å². The van der Waals surface area contributed by atoms with Gasteiger partial charge < -0.3 is 10.1 Å². The first-order valence-corrected chi connectivity index (χ1v) is 9.50. The Hall–Kier alpha value is -1.79. The van der Waals surface area contributed by atoms with Crippen molar-refractivity contribution in [2.45, 2.75) is 31.7 Å². The number of ether oxygens (including phenoxy) is 1. The monoisotopic (exact) mass is 363 g/mol. The van der Waals surface area contributed by atoms with Crippen molar-refractivity contribution in [3.8, 4) is 0 Å². The molecule has 1 heterocycles. The maximum atomic E-state index is 11.8. The predicted molar refractivity (Wildman–Crippen MR) is 98.5 cm³/mol. The SMILES string of the molecule is Cc1ccc(SCC(=O)OCC(=O)N[C@H](C)c2cccs2)c(C)c1. The summed E-state index contributed by atoms with van der Waals surface area (Å²) < 4.78 is 5.04. The third-order valence-electron chi connectivity index (χ3n) is 3.39. The number of thioether (sulfide) groups is 1. The number of carbonyl (C=O) groups excluding carboxylic acids is 2. The summed E-state index contributed by atoms with van der Waals surface area (Å²) in [6.45, 7) is 5.70. The molecule has 1 aromatic carbocycles. The Morgan fingerprint density at radius 2 is 2.08 bits per heavy atom. The van der Waals surface area contributed by atoms with E-state index in [0.717, 1.165) is 15.3 Å². The Morgan fingerprint density at radius 3 is 2.75 bits per heavy atom. The molecule has 0 aliphatic carbocycles. The molecule has 0 saturated heterocycles. The maximum absolute atomic E-state index is 11.8. The Kier molecular flexibility index (Phi) is 6.87. The van der Waals surface area contributed by atoms with Crippen molar-refractivity contribution in [3.05, 3.63) is 51.7 Å². The zero-order valence-corrected chi connectivity index (χ0v) is 15.6. The molecule has 0 saturated carbocycles. The molecule has 0 fully saturated rings.